The van der Waals surface area contributed by atoms with E-state index in [1.807, 2.05) is 55.5 Å². The molecule has 0 spiro atoms. The third-order valence-electron chi connectivity index (χ3n) is 4.21. The molecule has 0 radical (unpaired) electrons. The molecule has 0 heterocycles. The van der Waals surface area contributed by atoms with Gasteiger partial charge < -0.3 is 5.32 Å². The summed E-state index contributed by atoms with van der Waals surface area (Å²) >= 11 is 6.14. The largest absolute Gasteiger partial charge is 0.323 e. The molecular formula is C22H21ClN2O. The lowest BCUT2D eigenvalue weighted by atomic mass is 9.98. The van der Waals surface area contributed by atoms with E-state index < -0.39 is 6.04 Å². The summed E-state index contributed by atoms with van der Waals surface area (Å²) < 4.78 is 0. The summed E-state index contributed by atoms with van der Waals surface area (Å²) in [6, 6.07) is 27.0. The first-order valence-corrected chi connectivity index (χ1v) is 8.94. The van der Waals surface area contributed by atoms with Crippen LogP contribution in [0.1, 0.15) is 24.1 Å². The van der Waals surface area contributed by atoms with E-state index in [1.54, 1.807) is 12.1 Å². The number of carbonyl (C=O) groups is 1. The van der Waals surface area contributed by atoms with Crippen LogP contribution in [0.25, 0.3) is 0 Å². The maximum Gasteiger partial charge on any atom is 0.241 e. The lowest BCUT2D eigenvalue weighted by Crippen LogP contribution is -2.40. The predicted molar refractivity (Wildman–Crippen MR) is 107 cm³/mol. The Morgan fingerprint density at radius 2 is 1.31 bits per heavy atom. The quantitative estimate of drug-likeness (QED) is 0.642. The summed E-state index contributed by atoms with van der Waals surface area (Å²) in [5, 5.41) is 6.84. The molecule has 0 unspecified atom stereocenters. The summed E-state index contributed by atoms with van der Waals surface area (Å²) in [6.45, 7) is 1.85. The van der Waals surface area contributed by atoms with Gasteiger partial charge in [-0.05, 0) is 30.2 Å². The minimum Gasteiger partial charge on any atom is -0.323 e. The van der Waals surface area contributed by atoms with E-state index in [0.29, 0.717) is 10.7 Å². The molecule has 3 aromatic rings. The Bertz CT molecular complexity index is 813. The van der Waals surface area contributed by atoms with Crippen LogP contribution < -0.4 is 10.6 Å². The highest BCUT2D eigenvalue weighted by Gasteiger charge is 2.21. The minimum absolute atomic E-state index is 0.0793. The van der Waals surface area contributed by atoms with Gasteiger partial charge in [-0.1, -0.05) is 84.4 Å². The Morgan fingerprint density at radius 3 is 1.85 bits per heavy atom. The van der Waals surface area contributed by atoms with Gasteiger partial charge in [0.2, 0.25) is 5.91 Å². The molecule has 0 fully saturated rings. The number of hydrogen-bond donors (Lipinski definition) is 2. The number of para-hydroxylation sites is 1. The number of amides is 1. The number of hydrogen-bond acceptors (Lipinski definition) is 2. The Morgan fingerprint density at radius 1 is 0.808 bits per heavy atom. The fourth-order valence-electron chi connectivity index (χ4n) is 2.81. The van der Waals surface area contributed by atoms with Gasteiger partial charge in [-0.3, -0.25) is 10.1 Å². The van der Waals surface area contributed by atoms with E-state index in [9.17, 15) is 4.79 Å². The molecule has 26 heavy (non-hydrogen) atoms. The van der Waals surface area contributed by atoms with Crippen molar-refractivity contribution in [3.05, 3.63) is 101 Å². The number of anilines is 1. The Balaban J connectivity index is 1.78. The molecule has 3 aromatic carbocycles. The standard InChI is InChI=1S/C22H21ClN2O/c1-16(22(26)25-20-15-9-8-14-19(20)23)24-21(17-10-4-2-5-11-17)18-12-6-3-7-13-18/h2-16,21,24H,1H3,(H,25,26)/t16-/m1/s1. The second-order valence-electron chi connectivity index (χ2n) is 6.11. The van der Waals surface area contributed by atoms with E-state index in [-0.39, 0.29) is 11.9 Å². The molecule has 0 bridgehead atoms. The van der Waals surface area contributed by atoms with Crippen molar-refractivity contribution in [1.82, 2.24) is 5.32 Å². The van der Waals surface area contributed by atoms with Gasteiger partial charge in [0, 0.05) is 0 Å². The molecule has 1 amide bonds. The van der Waals surface area contributed by atoms with Gasteiger partial charge in [0.05, 0.1) is 22.8 Å². The van der Waals surface area contributed by atoms with E-state index in [2.05, 4.69) is 34.9 Å². The monoisotopic (exact) mass is 364 g/mol. The lowest BCUT2D eigenvalue weighted by Gasteiger charge is -2.24. The summed E-state index contributed by atoms with van der Waals surface area (Å²) in [6.07, 6.45) is 0. The van der Waals surface area contributed by atoms with E-state index in [0.717, 1.165) is 11.1 Å². The maximum atomic E-state index is 12.6. The van der Waals surface area contributed by atoms with Crippen molar-refractivity contribution in [3.8, 4) is 0 Å². The van der Waals surface area contributed by atoms with Crippen LogP contribution >= 0.6 is 11.6 Å². The normalized spacial score (nSPS) is 12.0. The molecular weight excluding hydrogens is 344 g/mol. The molecule has 2 N–H and O–H groups in total. The highest BCUT2D eigenvalue weighted by molar-refractivity contribution is 6.33. The lowest BCUT2D eigenvalue weighted by molar-refractivity contribution is -0.117. The number of carbonyl (C=O) groups excluding carboxylic acids is 1. The van der Waals surface area contributed by atoms with E-state index >= 15 is 0 Å². The minimum atomic E-state index is -0.406. The topological polar surface area (TPSA) is 41.1 Å². The molecule has 3 nitrogen and oxygen atoms in total. The third kappa shape index (κ3) is 4.51. The average Bonchev–Trinajstić information content (AvgIpc) is 2.69. The predicted octanol–water partition coefficient (Wildman–Crippen LogP) is 5.05. The smallest absolute Gasteiger partial charge is 0.241 e. The second kappa shape index (κ2) is 8.65. The van der Waals surface area contributed by atoms with Gasteiger partial charge in [0.25, 0.3) is 0 Å². The molecule has 0 saturated heterocycles. The van der Waals surface area contributed by atoms with Crippen molar-refractivity contribution in [2.75, 3.05) is 5.32 Å². The van der Waals surface area contributed by atoms with Crippen LogP contribution in [-0.4, -0.2) is 11.9 Å². The first-order chi connectivity index (χ1) is 12.6. The number of halogens is 1. The van der Waals surface area contributed by atoms with Crippen molar-refractivity contribution in [2.24, 2.45) is 0 Å². The molecule has 1 atom stereocenters. The van der Waals surface area contributed by atoms with Gasteiger partial charge >= 0.3 is 0 Å². The zero-order chi connectivity index (χ0) is 18.4. The SMILES string of the molecule is C[C@@H](NC(c1ccccc1)c1ccccc1)C(=O)Nc1ccccc1Cl. The van der Waals surface area contributed by atoms with Crippen LogP contribution in [0.4, 0.5) is 5.69 Å². The van der Waals surface area contributed by atoms with Crippen molar-refractivity contribution < 1.29 is 4.79 Å². The van der Waals surface area contributed by atoms with Crippen LogP contribution in [-0.2, 0) is 4.79 Å². The molecule has 3 rings (SSSR count). The average molecular weight is 365 g/mol. The first kappa shape index (κ1) is 18.2. The van der Waals surface area contributed by atoms with Gasteiger partial charge in [-0.25, -0.2) is 0 Å². The van der Waals surface area contributed by atoms with Gasteiger partial charge in [0.15, 0.2) is 0 Å². The summed E-state index contributed by atoms with van der Waals surface area (Å²) in [7, 11) is 0. The molecule has 132 valence electrons. The second-order valence-corrected chi connectivity index (χ2v) is 6.52. The van der Waals surface area contributed by atoms with Crippen molar-refractivity contribution >= 4 is 23.2 Å². The molecule has 0 aliphatic heterocycles. The van der Waals surface area contributed by atoms with Gasteiger partial charge in [-0.2, -0.15) is 0 Å². The van der Waals surface area contributed by atoms with Crippen molar-refractivity contribution in [1.29, 1.82) is 0 Å². The van der Waals surface area contributed by atoms with Crippen LogP contribution in [0.2, 0.25) is 5.02 Å². The number of rotatable bonds is 6. The Hall–Kier alpha value is -2.62. The van der Waals surface area contributed by atoms with E-state index in [4.69, 9.17) is 11.6 Å². The fourth-order valence-corrected chi connectivity index (χ4v) is 2.99. The van der Waals surface area contributed by atoms with Gasteiger partial charge in [-0.15, -0.1) is 0 Å². The zero-order valence-corrected chi connectivity index (χ0v) is 15.3. The fraction of sp³-hybridized carbons (Fsp3) is 0.136. The van der Waals surface area contributed by atoms with Crippen LogP contribution in [0.5, 0.6) is 0 Å². The molecule has 0 aromatic heterocycles. The number of nitrogens with one attached hydrogen (secondary N) is 2. The summed E-state index contributed by atoms with van der Waals surface area (Å²) in [4.78, 5) is 12.6. The highest BCUT2D eigenvalue weighted by Crippen LogP contribution is 2.23. The highest BCUT2D eigenvalue weighted by atomic mass is 35.5. The van der Waals surface area contributed by atoms with Gasteiger partial charge in [0.1, 0.15) is 0 Å². The number of benzene rings is 3. The van der Waals surface area contributed by atoms with E-state index in [1.165, 1.54) is 0 Å². The van der Waals surface area contributed by atoms with Crippen LogP contribution in [0, 0.1) is 0 Å². The van der Waals surface area contributed by atoms with Crippen LogP contribution in [0.3, 0.4) is 0 Å². The molecule has 0 saturated carbocycles. The maximum absolute atomic E-state index is 12.6. The van der Waals surface area contributed by atoms with Crippen molar-refractivity contribution in [2.45, 2.75) is 19.0 Å². The first-order valence-electron chi connectivity index (χ1n) is 8.56. The van der Waals surface area contributed by atoms with Crippen molar-refractivity contribution in [3.63, 3.8) is 0 Å². The Labute approximate surface area is 159 Å². The molecule has 4 heteroatoms. The molecule has 0 aliphatic carbocycles. The summed E-state index contributed by atoms with van der Waals surface area (Å²) in [5.41, 5.74) is 2.83. The zero-order valence-electron chi connectivity index (χ0n) is 14.5. The third-order valence-corrected chi connectivity index (χ3v) is 4.54. The molecule has 0 aliphatic rings. The van der Waals surface area contributed by atoms with Crippen LogP contribution in [0.15, 0.2) is 84.9 Å². The Kier molecular flexibility index (Phi) is 6.05. The summed E-state index contributed by atoms with van der Waals surface area (Å²) in [5.74, 6) is -0.130.